The summed E-state index contributed by atoms with van der Waals surface area (Å²) in [4.78, 5) is 9.63. The van der Waals surface area contributed by atoms with Crippen molar-refractivity contribution in [3.8, 4) is 39.5 Å². The van der Waals surface area contributed by atoms with Crippen LogP contribution in [0.1, 0.15) is 63.8 Å². The number of benzene rings is 5. The lowest BCUT2D eigenvalue weighted by molar-refractivity contribution is 0.415. The molecule has 234 valence electrons. The highest BCUT2D eigenvalue weighted by atomic mass is 16.5. The zero-order valence-corrected chi connectivity index (χ0v) is 27.7. The largest absolute Gasteiger partial charge is 0.507 e. The second kappa shape index (κ2) is 13.1. The Labute approximate surface area is 272 Å². The van der Waals surface area contributed by atoms with Gasteiger partial charge in [-0.15, -0.1) is 0 Å². The fourth-order valence-corrected chi connectivity index (χ4v) is 5.37. The number of aromatic hydroxyl groups is 2. The summed E-state index contributed by atoms with van der Waals surface area (Å²) in [5, 5.41) is 22.7. The fraction of sp³-hybridized carbons (Fsp3) is 0.220. The van der Waals surface area contributed by atoms with Crippen LogP contribution in [0.15, 0.2) is 113 Å². The molecule has 5 aromatic carbocycles. The Bertz CT molecular complexity index is 1900. The van der Waals surface area contributed by atoms with Crippen LogP contribution in [0, 0.1) is 0 Å². The van der Waals surface area contributed by atoms with Gasteiger partial charge in [-0.25, -0.2) is 0 Å². The lowest BCUT2D eigenvalue weighted by Crippen LogP contribution is -2.12. The predicted octanol–water partition coefficient (Wildman–Crippen LogP) is 10.5. The third-order valence-corrected chi connectivity index (χ3v) is 7.98. The minimum absolute atomic E-state index is 0.196. The van der Waals surface area contributed by atoms with E-state index in [1.54, 1.807) is 19.5 Å². The molecule has 46 heavy (non-hydrogen) atoms. The van der Waals surface area contributed by atoms with Gasteiger partial charge in [0.15, 0.2) is 0 Å². The SMILES string of the molecule is COc1ccc(N=Cc2cc(-c3ccccc3)cc(C(C)(C)C)c2O)c(N=Cc2cc(-c3ccccc3)cc(C(C)(C)C)c2O)c1. The van der Waals surface area contributed by atoms with E-state index >= 15 is 0 Å². The van der Waals surface area contributed by atoms with Gasteiger partial charge in [0, 0.05) is 40.7 Å². The van der Waals surface area contributed by atoms with E-state index in [-0.39, 0.29) is 22.3 Å². The van der Waals surface area contributed by atoms with Crippen molar-refractivity contribution in [1.29, 1.82) is 0 Å². The smallest absolute Gasteiger partial charge is 0.128 e. The maximum atomic E-state index is 11.4. The second-order valence-corrected chi connectivity index (χ2v) is 13.5. The molecule has 0 bridgehead atoms. The summed E-state index contributed by atoms with van der Waals surface area (Å²) in [5.74, 6) is 1.03. The summed E-state index contributed by atoms with van der Waals surface area (Å²) in [6.07, 6.45) is 3.36. The van der Waals surface area contributed by atoms with Crippen molar-refractivity contribution in [2.24, 2.45) is 9.98 Å². The first-order valence-electron chi connectivity index (χ1n) is 15.5. The minimum Gasteiger partial charge on any atom is -0.507 e. The van der Waals surface area contributed by atoms with Crippen molar-refractivity contribution >= 4 is 23.8 Å². The van der Waals surface area contributed by atoms with Crippen LogP contribution in [0.5, 0.6) is 17.2 Å². The average molecular weight is 611 g/mol. The second-order valence-electron chi connectivity index (χ2n) is 13.5. The third-order valence-electron chi connectivity index (χ3n) is 7.98. The summed E-state index contributed by atoms with van der Waals surface area (Å²) in [6, 6.07) is 33.7. The van der Waals surface area contributed by atoms with Crippen molar-refractivity contribution in [3.63, 3.8) is 0 Å². The molecule has 0 spiro atoms. The van der Waals surface area contributed by atoms with Crippen molar-refractivity contribution < 1.29 is 14.9 Å². The normalized spacial score (nSPS) is 12.2. The van der Waals surface area contributed by atoms with Gasteiger partial charge in [0.1, 0.15) is 17.2 Å². The Hall–Kier alpha value is -5.16. The van der Waals surface area contributed by atoms with E-state index in [2.05, 4.69) is 65.8 Å². The van der Waals surface area contributed by atoms with Crippen LogP contribution in [0.3, 0.4) is 0 Å². The highest BCUT2D eigenvalue weighted by Gasteiger charge is 2.23. The molecular weight excluding hydrogens is 568 g/mol. The van der Waals surface area contributed by atoms with Crippen LogP contribution in [0.4, 0.5) is 11.4 Å². The number of ether oxygens (including phenoxy) is 1. The number of aliphatic imine (C=N–C) groups is 2. The molecule has 0 aliphatic rings. The van der Waals surface area contributed by atoms with Gasteiger partial charge in [0.2, 0.25) is 0 Å². The van der Waals surface area contributed by atoms with Crippen LogP contribution < -0.4 is 4.74 Å². The number of hydrogen-bond acceptors (Lipinski definition) is 5. The standard InChI is InChI=1S/C41H42N2O3/c1-40(2,3)34-22-29(27-14-10-8-11-15-27)20-31(38(34)44)25-42-36-19-18-33(46-7)24-37(36)43-26-32-21-30(28-16-12-9-13-17-28)23-35(39(32)45)41(4,5)6/h8-26,44-45H,1-7H3. The van der Waals surface area contributed by atoms with Crippen molar-refractivity contribution in [3.05, 3.63) is 125 Å². The number of rotatable bonds is 7. The number of methoxy groups -OCH3 is 1. The van der Waals surface area contributed by atoms with Crippen LogP contribution in [-0.2, 0) is 10.8 Å². The van der Waals surface area contributed by atoms with E-state index in [9.17, 15) is 10.2 Å². The molecule has 5 nitrogen and oxygen atoms in total. The Kier molecular flexibility index (Phi) is 9.15. The first-order valence-corrected chi connectivity index (χ1v) is 15.5. The molecule has 0 radical (unpaired) electrons. The van der Waals surface area contributed by atoms with Crippen molar-refractivity contribution in [1.82, 2.24) is 0 Å². The molecule has 0 fully saturated rings. The predicted molar refractivity (Wildman–Crippen MR) is 192 cm³/mol. The van der Waals surface area contributed by atoms with Gasteiger partial charge in [0.25, 0.3) is 0 Å². The lowest BCUT2D eigenvalue weighted by Gasteiger charge is -2.23. The molecule has 5 heteroatoms. The summed E-state index contributed by atoms with van der Waals surface area (Å²) >= 11 is 0. The maximum absolute atomic E-state index is 11.4. The number of hydrogen-bond donors (Lipinski definition) is 2. The van der Waals surface area contributed by atoms with Gasteiger partial charge in [0.05, 0.1) is 18.5 Å². The van der Waals surface area contributed by atoms with Gasteiger partial charge >= 0.3 is 0 Å². The van der Waals surface area contributed by atoms with Crippen LogP contribution in [0.25, 0.3) is 22.3 Å². The topological polar surface area (TPSA) is 74.4 Å². The number of nitrogens with zero attached hydrogens (tertiary/aromatic N) is 2. The molecular formula is C41H42N2O3. The Balaban J connectivity index is 1.60. The average Bonchev–Trinajstić information content (AvgIpc) is 3.03. The van der Waals surface area contributed by atoms with Gasteiger partial charge in [-0.3, -0.25) is 9.98 Å². The van der Waals surface area contributed by atoms with E-state index < -0.39 is 0 Å². The van der Waals surface area contributed by atoms with Gasteiger partial charge in [-0.05, 0) is 69.5 Å². The Morgan fingerprint density at radius 1 is 0.522 bits per heavy atom. The van der Waals surface area contributed by atoms with E-state index in [4.69, 9.17) is 14.7 Å². The Morgan fingerprint density at radius 2 is 0.957 bits per heavy atom. The van der Waals surface area contributed by atoms with Crippen LogP contribution in [0.2, 0.25) is 0 Å². The van der Waals surface area contributed by atoms with Crippen LogP contribution >= 0.6 is 0 Å². The minimum atomic E-state index is -0.287. The monoisotopic (exact) mass is 610 g/mol. The molecule has 0 aromatic heterocycles. The molecule has 5 aromatic rings. The maximum Gasteiger partial charge on any atom is 0.128 e. The lowest BCUT2D eigenvalue weighted by atomic mass is 9.83. The molecule has 0 heterocycles. The van der Waals surface area contributed by atoms with Crippen LogP contribution in [-0.4, -0.2) is 29.8 Å². The summed E-state index contributed by atoms with van der Waals surface area (Å²) in [7, 11) is 1.61. The fourth-order valence-electron chi connectivity index (χ4n) is 5.37. The summed E-state index contributed by atoms with van der Waals surface area (Å²) in [6.45, 7) is 12.5. The molecule has 0 saturated heterocycles. The summed E-state index contributed by atoms with van der Waals surface area (Å²) < 4.78 is 5.51. The third kappa shape index (κ3) is 7.21. The van der Waals surface area contributed by atoms with Crippen molar-refractivity contribution in [2.45, 2.75) is 52.4 Å². The molecule has 0 saturated carbocycles. The van der Waals surface area contributed by atoms with Gasteiger partial charge in [-0.1, -0.05) is 102 Å². The molecule has 0 amide bonds. The van der Waals surface area contributed by atoms with E-state index in [0.29, 0.717) is 28.3 Å². The van der Waals surface area contributed by atoms with E-state index in [1.807, 2.05) is 78.9 Å². The highest BCUT2D eigenvalue weighted by Crippen LogP contribution is 2.40. The molecule has 5 rings (SSSR count). The van der Waals surface area contributed by atoms with Gasteiger partial charge in [-0.2, -0.15) is 0 Å². The zero-order chi connectivity index (χ0) is 33.1. The zero-order valence-electron chi connectivity index (χ0n) is 27.7. The number of phenols is 2. The van der Waals surface area contributed by atoms with E-state index in [1.165, 1.54) is 0 Å². The molecule has 0 aliphatic heterocycles. The summed E-state index contributed by atoms with van der Waals surface area (Å²) in [5.41, 5.74) is 7.59. The quantitative estimate of drug-likeness (QED) is 0.180. The molecule has 0 aliphatic carbocycles. The first-order chi connectivity index (χ1) is 21.8. The van der Waals surface area contributed by atoms with Crippen molar-refractivity contribution in [2.75, 3.05) is 7.11 Å². The highest BCUT2D eigenvalue weighted by molar-refractivity contribution is 5.92. The van der Waals surface area contributed by atoms with Gasteiger partial charge < -0.3 is 14.9 Å². The molecule has 0 atom stereocenters. The van der Waals surface area contributed by atoms with E-state index in [0.717, 1.165) is 33.4 Å². The molecule has 0 unspecified atom stereocenters. The first kappa shape index (κ1) is 32.2. The molecule has 2 N–H and O–H groups in total. The number of phenolic OH excluding ortho intramolecular Hbond substituents is 2. The Morgan fingerprint density at radius 3 is 1.37 bits per heavy atom.